The van der Waals surface area contributed by atoms with E-state index in [9.17, 15) is 9.90 Å². The van der Waals surface area contributed by atoms with Gasteiger partial charge in [0.1, 0.15) is 4.83 Å². The van der Waals surface area contributed by atoms with Crippen molar-refractivity contribution < 1.29 is 9.90 Å². The molecule has 3 heterocycles. The van der Waals surface area contributed by atoms with Crippen LogP contribution < -0.4 is 0 Å². The molecule has 2 unspecified atom stereocenters. The maximum atomic E-state index is 12.5. The summed E-state index contributed by atoms with van der Waals surface area (Å²) in [6.07, 6.45) is 0.538. The number of fused-ring (bicyclic) bond motifs is 1. The molecular formula is C14H19N3O2S. The van der Waals surface area contributed by atoms with E-state index in [1.54, 1.807) is 6.92 Å². The quantitative estimate of drug-likeness (QED) is 0.918. The number of carbonyl (C=O) groups is 1. The Morgan fingerprint density at radius 2 is 2.35 bits per heavy atom. The molecular weight excluding hydrogens is 274 g/mol. The molecule has 1 fully saturated rings. The topological polar surface area (TPSA) is 58.4 Å². The van der Waals surface area contributed by atoms with Crippen molar-refractivity contribution in [2.45, 2.75) is 26.4 Å². The summed E-state index contributed by atoms with van der Waals surface area (Å²) in [6.45, 7) is 5.15. The molecule has 0 aromatic carbocycles. The molecule has 2 aromatic heterocycles. The lowest BCUT2D eigenvalue weighted by atomic mass is 10.0. The largest absolute Gasteiger partial charge is 0.393 e. The van der Waals surface area contributed by atoms with Gasteiger partial charge in [0.15, 0.2) is 0 Å². The first-order chi connectivity index (χ1) is 9.47. The molecule has 108 valence electrons. The number of hydrogen-bond acceptors (Lipinski definition) is 4. The highest BCUT2D eigenvalue weighted by atomic mass is 32.1. The number of aromatic nitrogens is 2. The number of likely N-dealkylation sites (tertiary alicyclic amines) is 1. The molecule has 20 heavy (non-hydrogen) atoms. The standard InChI is InChI=1S/C14H19N3O2S/c1-8-11-6-12(20-14(11)16(3)15-8)13(19)17-5-4-10(7-17)9(2)18/h6,9-10,18H,4-5,7H2,1-3H3. The van der Waals surface area contributed by atoms with Crippen molar-refractivity contribution in [2.75, 3.05) is 13.1 Å². The third-order valence-corrected chi connectivity index (χ3v) is 5.29. The van der Waals surface area contributed by atoms with Crippen LogP contribution in [0.3, 0.4) is 0 Å². The second kappa shape index (κ2) is 4.86. The van der Waals surface area contributed by atoms with Crippen LogP contribution in [-0.4, -0.2) is 44.9 Å². The zero-order valence-corrected chi connectivity index (χ0v) is 12.8. The van der Waals surface area contributed by atoms with Crippen molar-refractivity contribution in [3.63, 3.8) is 0 Å². The highest BCUT2D eigenvalue weighted by Gasteiger charge is 2.30. The van der Waals surface area contributed by atoms with E-state index < -0.39 is 0 Å². The molecule has 5 nitrogen and oxygen atoms in total. The molecule has 1 saturated heterocycles. The molecule has 0 saturated carbocycles. The Kier molecular flexibility index (Phi) is 3.30. The highest BCUT2D eigenvalue weighted by Crippen LogP contribution is 2.30. The summed E-state index contributed by atoms with van der Waals surface area (Å²) in [7, 11) is 1.90. The van der Waals surface area contributed by atoms with Gasteiger partial charge in [-0.3, -0.25) is 9.48 Å². The lowest BCUT2D eigenvalue weighted by Gasteiger charge is -2.16. The number of aryl methyl sites for hydroxylation is 2. The maximum absolute atomic E-state index is 12.5. The number of aliphatic hydroxyl groups excluding tert-OH is 1. The Bertz CT molecular complexity index is 624. The zero-order chi connectivity index (χ0) is 14.4. The van der Waals surface area contributed by atoms with Crippen molar-refractivity contribution >= 4 is 27.5 Å². The van der Waals surface area contributed by atoms with E-state index in [4.69, 9.17) is 0 Å². The summed E-state index contributed by atoms with van der Waals surface area (Å²) in [5.41, 5.74) is 0.959. The van der Waals surface area contributed by atoms with Crippen LogP contribution in [0, 0.1) is 12.8 Å². The smallest absolute Gasteiger partial charge is 0.264 e. The van der Waals surface area contributed by atoms with Crippen molar-refractivity contribution in [1.29, 1.82) is 0 Å². The van der Waals surface area contributed by atoms with Gasteiger partial charge in [-0.2, -0.15) is 5.10 Å². The predicted molar refractivity (Wildman–Crippen MR) is 79.0 cm³/mol. The average molecular weight is 293 g/mol. The fourth-order valence-electron chi connectivity index (χ4n) is 2.83. The highest BCUT2D eigenvalue weighted by molar-refractivity contribution is 7.20. The molecule has 6 heteroatoms. The minimum absolute atomic E-state index is 0.0775. The maximum Gasteiger partial charge on any atom is 0.264 e. The van der Waals surface area contributed by atoms with Crippen LogP contribution in [0.2, 0.25) is 0 Å². The Labute approximate surface area is 121 Å². The van der Waals surface area contributed by atoms with Gasteiger partial charge in [-0.15, -0.1) is 11.3 Å². The first-order valence-corrected chi connectivity index (χ1v) is 7.69. The summed E-state index contributed by atoms with van der Waals surface area (Å²) < 4.78 is 1.83. The second-order valence-electron chi connectivity index (χ2n) is 5.58. The molecule has 0 bridgehead atoms. The lowest BCUT2D eigenvalue weighted by Crippen LogP contribution is -2.29. The molecule has 3 rings (SSSR count). The third-order valence-electron chi connectivity index (χ3n) is 4.10. The van der Waals surface area contributed by atoms with Crippen LogP contribution in [-0.2, 0) is 7.05 Å². The molecule has 1 aliphatic rings. The number of carbonyl (C=O) groups excluding carboxylic acids is 1. The number of amides is 1. The van der Waals surface area contributed by atoms with Gasteiger partial charge in [0.2, 0.25) is 0 Å². The van der Waals surface area contributed by atoms with Gasteiger partial charge in [-0.1, -0.05) is 0 Å². The number of nitrogens with zero attached hydrogens (tertiary/aromatic N) is 3. The number of thiophene rings is 1. The molecule has 1 amide bonds. The summed E-state index contributed by atoms with van der Waals surface area (Å²) >= 11 is 1.50. The Hall–Kier alpha value is -1.40. The Balaban J connectivity index is 1.84. The zero-order valence-electron chi connectivity index (χ0n) is 12.0. The molecule has 0 spiro atoms. The second-order valence-corrected chi connectivity index (χ2v) is 6.61. The number of hydrogen-bond donors (Lipinski definition) is 1. The van der Waals surface area contributed by atoms with Crippen molar-refractivity contribution in [1.82, 2.24) is 14.7 Å². The van der Waals surface area contributed by atoms with Crippen molar-refractivity contribution in [2.24, 2.45) is 13.0 Å². The minimum Gasteiger partial charge on any atom is -0.393 e. The monoisotopic (exact) mass is 293 g/mol. The van der Waals surface area contributed by atoms with Crippen LogP contribution >= 0.6 is 11.3 Å². The Morgan fingerprint density at radius 1 is 1.60 bits per heavy atom. The molecule has 2 aromatic rings. The van der Waals surface area contributed by atoms with Gasteiger partial charge >= 0.3 is 0 Å². The van der Waals surface area contributed by atoms with E-state index in [0.717, 1.165) is 33.8 Å². The van der Waals surface area contributed by atoms with E-state index in [-0.39, 0.29) is 17.9 Å². The van der Waals surface area contributed by atoms with Crippen molar-refractivity contribution in [3.8, 4) is 0 Å². The van der Waals surface area contributed by atoms with E-state index >= 15 is 0 Å². The molecule has 2 atom stereocenters. The molecule has 0 radical (unpaired) electrons. The lowest BCUT2D eigenvalue weighted by molar-refractivity contribution is 0.0767. The molecule has 1 aliphatic heterocycles. The molecule has 1 N–H and O–H groups in total. The van der Waals surface area contributed by atoms with Crippen LogP contribution in [0.25, 0.3) is 10.2 Å². The van der Waals surface area contributed by atoms with E-state index in [2.05, 4.69) is 5.10 Å². The van der Waals surface area contributed by atoms with Gasteiger partial charge < -0.3 is 10.0 Å². The van der Waals surface area contributed by atoms with Crippen LogP contribution in [0.1, 0.15) is 28.7 Å². The van der Waals surface area contributed by atoms with Crippen molar-refractivity contribution in [3.05, 3.63) is 16.6 Å². The van der Waals surface area contributed by atoms with Gasteiger partial charge in [0.05, 0.1) is 16.7 Å². The van der Waals surface area contributed by atoms with Gasteiger partial charge in [-0.05, 0) is 26.3 Å². The van der Waals surface area contributed by atoms with E-state index in [1.165, 1.54) is 11.3 Å². The third kappa shape index (κ3) is 2.13. The number of aliphatic hydroxyl groups is 1. The fraction of sp³-hybridized carbons (Fsp3) is 0.571. The van der Waals surface area contributed by atoms with Gasteiger partial charge in [-0.25, -0.2) is 0 Å². The fourth-order valence-corrected chi connectivity index (χ4v) is 3.92. The average Bonchev–Trinajstić information content (AvgIpc) is 3.08. The normalized spacial score (nSPS) is 20.8. The van der Waals surface area contributed by atoms with Crippen LogP contribution in [0.5, 0.6) is 0 Å². The SMILES string of the molecule is Cc1nn(C)c2sc(C(=O)N3CCC(C(C)O)C3)cc12. The summed E-state index contributed by atoms with van der Waals surface area (Å²) in [4.78, 5) is 16.2. The van der Waals surface area contributed by atoms with Gasteiger partial charge in [0, 0.05) is 31.4 Å². The minimum atomic E-state index is -0.346. The van der Waals surface area contributed by atoms with E-state index in [0.29, 0.717) is 6.54 Å². The predicted octanol–water partition coefficient (Wildman–Crippen LogP) is 1.79. The summed E-state index contributed by atoms with van der Waals surface area (Å²) in [5.74, 6) is 0.283. The first-order valence-electron chi connectivity index (χ1n) is 6.88. The molecule has 0 aliphatic carbocycles. The number of rotatable bonds is 2. The Morgan fingerprint density at radius 3 is 2.95 bits per heavy atom. The van der Waals surface area contributed by atoms with Crippen LogP contribution in [0.4, 0.5) is 0 Å². The first kappa shape index (κ1) is 13.6. The van der Waals surface area contributed by atoms with Gasteiger partial charge in [0.25, 0.3) is 5.91 Å². The van der Waals surface area contributed by atoms with E-state index in [1.807, 2.05) is 29.6 Å². The van der Waals surface area contributed by atoms with Crippen LogP contribution in [0.15, 0.2) is 6.07 Å². The summed E-state index contributed by atoms with van der Waals surface area (Å²) in [5, 5.41) is 15.0. The summed E-state index contributed by atoms with van der Waals surface area (Å²) in [6, 6.07) is 1.94.